The molecule has 3 atom stereocenters. The van der Waals surface area contributed by atoms with Crippen molar-refractivity contribution in [1.82, 2.24) is 25.2 Å². The lowest BCUT2D eigenvalue weighted by molar-refractivity contribution is -0.151. The van der Waals surface area contributed by atoms with Crippen LogP contribution in [0.3, 0.4) is 0 Å². The van der Waals surface area contributed by atoms with Crippen molar-refractivity contribution in [1.29, 1.82) is 0 Å². The quantitative estimate of drug-likeness (QED) is 0.736. The fourth-order valence-electron chi connectivity index (χ4n) is 4.36. The van der Waals surface area contributed by atoms with Crippen LogP contribution in [-0.2, 0) is 16.1 Å². The van der Waals surface area contributed by atoms with Crippen molar-refractivity contribution in [3.05, 3.63) is 54.4 Å². The van der Waals surface area contributed by atoms with Crippen molar-refractivity contribution in [2.24, 2.45) is 11.8 Å². The van der Waals surface area contributed by atoms with Crippen molar-refractivity contribution < 1.29 is 14.7 Å². The number of likely N-dealkylation sites (N-methyl/N-ethyl adjacent to an activating group) is 1. The molecule has 0 aromatic carbocycles. The molecule has 0 radical (unpaired) electrons. The van der Waals surface area contributed by atoms with Crippen LogP contribution in [0.2, 0.25) is 0 Å². The molecule has 2 N–H and O–H groups in total. The monoisotopic (exact) mass is 397 g/mol. The Kier molecular flexibility index (Phi) is 6.22. The van der Waals surface area contributed by atoms with Gasteiger partial charge in [-0.15, -0.1) is 0 Å². The average molecular weight is 397 g/mol. The van der Waals surface area contributed by atoms with E-state index in [1.165, 1.54) is 6.33 Å². The summed E-state index contributed by atoms with van der Waals surface area (Å²) in [6.07, 6.45) is 7.13. The van der Waals surface area contributed by atoms with Crippen molar-refractivity contribution in [3.8, 4) is 0 Å². The number of likely N-dealkylation sites (tertiary alicyclic amines) is 1. The van der Waals surface area contributed by atoms with E-state index in [1.807, 2.05) is 30.9 Å². The lowest BCUT2D eigenvalue weighted by Gasteiger charge is -2.36. The molecule has 0 unspecified atom stereocenters. The third kappa shape index (κ3) is 4.27. The molecule has 1 saturated heterocycles. The molecular weight excluding hydrogens is 370 g/mol. The molecule has 2 aromatic heterocycles. The largest absolute Gasteiger partial charge is 0.480 e. The molecule has 3 rings (SSSR count). The van der Waals surface area contributed by atoms with E-state index in [9.17, 15) is 14.7 Å². The van der Waals surface area contributed by atoms with Crippen molar-refractivity contribution in [2.75, 3.05) is 7.05 Å². The Morgan fingerprint density at radius 2 is 2.10 bits per heavy atom. The zero-order valence-corrected chi connectivity index (χ0v) is 16.9. The number of carbonyl (C=O) groups excluding carboxylic acids is 1. The SMILES string of the molecule is CC(C)C[C@@]1(C(=O)O)C[C@H](C(=O)NCc2ccncn2)[C@H](c2cccnc2)N1C. The van der Waals surface area contributed by atoms with E-state index in [1.54, 1.807) is 31.7 Å². The molecule has 2 aromatic rings. The highest BCUT2D eigenvalue weighted by molar-refractivity contribution is 5.85. The molecule has 154 valence electrons. The normalized spacial score (nSPS) is 24.6. The Balaban J connectivity index is 1.91. The Morgan fingerprint density at radius 3 is 2.69 bits per heavy atom. The summed E-state index contributed by atoms with van der Waals surface area (Å²) in [5, 5.41) is 13.1. The van der Waals surface area contributed by atoms with Crippen LogP contribution in [0.4, 0.5) is 0 Å². The smallest absolute Gasteiger partial charge is 0.324 e. The molecule has 1 fully saturated rings. The summed E-state index contributed by atoms with van der Waals surface area (Å²) in [4.78, 5) is 39.6. The van der Waals surface area contributed by atoms with Gasteiger partial charge in [-0.2, -0.15) is 0 Å². The molecule has 8 heteroatoms. The second-order valence-corrected chi connectivity index (χ2v) is 8.01. The summed E-state index contributed by atoms with van der Waals surface area (Å²) in [7, 11) is 1.80. The molecule has 1 aliphatic heterocycles. The molecule has 1 amide bonds. The molecule has 29 heavy (non-hydrogen) atoms. The summed E-state index contributed by atoms with van der Waals surface area (Å²) in [5.74, 6) is -1.42. The zero-order valence-electron chi connectivity index (χ0n) is 16.9. The van der Waals surface area contributed by atoms with Crippen LogP contribution in [0.1, 0.15) is 44.0 Å². The van der Waals surface area contributed by atoms with Gasteiger partial charge in [-0.1, -0.05) is 19.9 Å². The summed E-state index contributed by atoms with van der Waals surface area (Å²) in [6.45, 7) is 4.27. The first-order chi connectivity index (χ1) is 13.8. The molecular formula is C21H27N5O3. The third-order valence-corrected chi connectivity index (χ3v) is 5.62. The van der Waals surface area contributed by atoms with E-state index in [0.29, 0.717) is 12.1 Å². The number of amides is 1. The number of pyridine rings is 1. The third-order valence-electron chi connectivity index (χ3n) is 5.62. The Morgan fingerprint density at radius 1 is 1.31 bits per heavy atom. The fourth-order valence-corrected chi connectivity index (χ4v) is 4.36. The number of hydrogen-bond acceptors (Lipinski definition) is 6. The van der Waals surface area contributed by atoms with Crippen LogP contribution in [0.25, 0.3) is 0 Å². The number of aromatic nitrogens is 3. The second-order valence-electron chi connectivity index (χ2n) is 8.01. The summed E-state index contributed by atoms with van der Waals surface area (Å²) in [5.41, 5.74) is 0.430. The number of nitrogens with zero attached hydrogens (tertiary/aromatic N) is 4. The van der Waals surface area contributed by atoms with Gasteiger partial charge >= 0.3 is 5.97 Å². The van der Waals surface area contributed by atoms with Crippen molar-refractivity contribution in [3.63, 3.8) is 0 Å². The molecule has 1 aliphatic rings. The number of carboxylic acids is 1. The number of nitrogens with one attached hydrogen (secondary N) is 1. The number of carbonyl (C=O) groups is 2. The van der Waals surface area contributed by atoms with Gasteiger partial charge in [0, 0.05) is 24.6 Å². The summed E-state index contributed by atoms with van der Waals surface area (Å²) >= 11 is 0. The first kappa shape index (κ1) is 20.9. The van der Waals surface area contributed by atoms with Crippen molar-refractivity contribution in [2.45, 2.75) is 44.8 Å². The minimum absolute atomic E-state index is 0.172. The Bertz CT molecular complexity index is 846. The minimum atomic E-state index is -1.11. The maximum Gasteiger partial charge on any atom is 0.324 e. The molecule has 0 spiro atoms. The molecule has 3 heterocycles. The van der Waals surface area contributed by atoms with Gasteiger partial charge in [0.25, 0.3) is 0 Å². The van der Waals surface area contributed by atoms with Crippen LogP contribution in [0.5, 0.6) is 0 Å². The van der Waals surface area contributed by atoms with Crippen LogP contribution in [0.15, 0.2) is 43.1 Å². The van der Waals surface area contributed by atoms with Crippen LogP contribution < -0.4 is 5.32 Å². The Hall–Kier alpha value is -2.87. The van der Waals surface area contributed by atoms with E-state index >= 15 is 0 Å². The molecule has 0 bridgehead atoms. The lowest BCUT2D eigenvalue weighted by atomic mass is 9.83. The van der Waals surface area contributed by atoms with Crippen LogP contribution in [-0.4, -0.2) is 49.4 Å². The summed E-state index contributed by atoms with van der Waals surface area (Å²) in [6, 6.07) is 5.07. The minimum Gasteiger partial charge on any atom is -0.480 e. The number of rotatable bonds is 7. The predicted octanol–water partition coefficient (Wildman–Crippen LogP) is 2.05. The molecule has 0 saturated carbocycles. The zero-order chi connectivity index (χ0) is 21.0. The van der Waals surface area contributed by atoms with Gasteiger partial charge in [-0.05, 0) is 43.5 Å². The van der Waals surface area contributed by atoms with Crippen molar-refractivity contribution >= 4 is 11.9 Å². The fraction of sp³-hybridized carbons (Fsp3) is 0.476. The first-order valence-corrected chi connectivity index (χ1v) is 9.74. The summed E-state index contributed by atoms with van der Waals surface area (Å²) < 4.78 is 0. The molecule has 0 aliphatic carbocycles. The van der Waals surface area contributed by atoms with Gasteiger partial charge in [0.15, 0.2) is 0 Å². The first-order valence-electron chi connectivity index (χ1n) is 9.74. The van der Waals surface area contributed by atoms with Gasteiger partial charge < -0.3 is 10.4 Å². The van der Waals surface area contributed by atoms with E-state index in [4.69, 9.17) is 0 Å². The van der Waals surface area contributed by atoms with E-state index in [2.05, 4.69) is 20.3 Å². The van der Waals surface area contributed by atoms with Crippen LogP contribution >= 0.6 is 0 Å². The van der Waals surface area contributed by atoms with Gasteiger partial charge in [0.05, 0.1) is 18.2 Å². The second kappa shape index (κ2) is 8.65. The van der Waals surface area contributed by atoms with Crippen LogP contribution in [0, 0.1) is 11.8 Å². The highest BCUT2D eigenvalue weighted by Crippen LogP contribution is 2.48. The molecule has 8 nitrogen and oxygen atoms in total. The van der Waals surface area contributed by atoms with Gasteiger partial charge in [-0.25, -0.2) is 9.97 Å². The van der Waals surface area contributed by atoms with Gasteiger partial charge in [-0.3, -0.25) is 19.5 Å². The van der Waals surface area contributed by atoms with Gasteiger partial charge in [0.1, 0.15) is 11.9 Å². The topological polar surface area (TPSA) is 108 Å². The highest BCUT2D eigenvalue weighted by Gasteiger charge is 2.57. The average Bonchev–Trinajstić information content (AvgIpc) is 3.00. The van der Waals surface area contributed by atoms with Gasteiger partial charge in [0.2, 0.25) is 5.91 Å². The van der Waals surface area contributed by atoms with E-state index in [-0.39, 0.29) is 30.8 Å². The Labute approximate surface area is 170 Å². The van der Waals surface area contributed by atoms with E-state index < -0.39 is 17.4 Å². The predicted molar refractivity (Wildman–Crippen MR) is 107 cm³/mol. The lowest BCUT2D eigenvalue weighted by Crippen LogP contribution is -2.50. The standard InChI is InChI=1S/C21H27N5O3/c1-14(2)9-21(20(28)29)10-17(18(26(21)3)15-5-4-7-22-11-15)19(27)24-12-16-6-8-23-13-25-16/h4-8,11,13-14,17-18H,9-10,12H2,1-3H3,(H,24,27)(H,28,29)/t17-,18-,21-/m0/s1. The maximum absolute atomic E-state index is 13.1. The van der Waals surface area contributed by atoms with E-state index in [0.717, 1.165) is 5.56 Å². The number of hydrogen-bond donors (Lipinski definition) is 2. The number of aliphatic carboxylic acids is 1. The highest BCUT2D eigenvalue weighted by atomic mass is 16.4. The number of carboxylic acid groups (broad SMARTS) is 1. The maximum atomic E-state index is 13.1.